The first-order valence-electron chi connectivity index (χ1n) is 4.79. The van der Waals surface area contributed by atoms with Crippen molar-refractivity contribution in [1.82, 2.24) is 5.32 Å². The van der Waals surface area contributed by atoms with E-state index in [1.165, 1.54) is 0 Å². The van der Waals surface area contributed by atoms with Gasteiger partial charge in [0.2, 0.25) is 0 Å². The van der Waals surface area contributed by atoms with Crippen LogP contribution in [-0.4, -0.2) is 20.2 Å². The lowest BCUT2D eigenvalue weighted by Crippen LogP contribution is -2.21. The molecule has 0 saturated heterocycles. The molecule has 0 amide bonds. The van der Waals surface area contributed by atoms with Gasteiger partial charge in [-0.15, -0.1) is 0 Å². The summed E-state index contributed by atoms with van der Waals surface area (Å²) in [4.78, 5) is 0. The number of methoxy groups -OCH3 is 1. The summed E-state index contributed by atoms with van der Waals surface area (Å²) in [6, 6.07) is 7.66. The molecule has 80 valence electrons. The van der Waals surface area contributed by atoms with Gasteiger partial charge < -0.3 is 15.8 Å². The van der Waals surface area contributed by atoms with Crippen LogP contribution in [-0.2, 0) is 6.54 Å². The van der Waals surface area contributed by atoms with Gasteiger partial charge in [0.25, 0.3) is 0 Å². The van der Waals surface area contributed by atoms with Crippen LogP contribution in [0.3, 0.4) is 0 Å². The van der Waals surface area contributed by atoms with Crippen molar-refractivity contribution in [3.8, 4) is 11.8 Å². The SMILES string of the molecule is COc1ccc(CNCCN)cc1C#N. The number of ether oxygens (including phenoxy) is 1. The molecule has 4 heteroatoms. The first-order valence-corrected chi connectivity index (χ1v) is 4.79. The average molecular weight is 205 g/mol. The molecule has 1 aromatic carbocycles. The Kier molecular flexibility index (Phi) is 4.61. The minimum atomic E-state index is 0.560. The van der Waals surface area contributed by atoms with E-state index in [-0.39, 0.29) is 0 Å². The van der Waals surface area contributed by atoms with Crippen LogP contribution in [0, 0.1) is 11.3 Å². The Balaban J connectivity index is 2.71. The van der Waals surface area contributed by atoms with Gasteiger partial charge in [-0.3, -0.25) is 0 Å². The lowest BCUT2D eigenvalue weighted by molar-refractivity contribution is 0.413. The van der Waals surface area contributed by atoms with Crippen molar-refractivity contribution in [2.75, 3.05) is 20.2 Å². The summed E-state index contributed by atoms with van der Waals surface area (Å²) >= 11 is 0. The molecule has 4 nitrogen and oxygen atoms in total. The Labute approximate surface area is 89.7 Å². The van der Waals surface area contributed by atoms with Crippen LogP contribution >= 0.6 is 0 Å². The highest BCUT2D eigenvalue weighted by Gasteiger charge is 2.02. The number of nitriles is 1. The zero-order valence-corrected chi connectivity index (χ0v) is 8.79. The second kappa shape index (κ2) is 6.02. The molecule has 0 atom stereocenters. The van der Waals surface area contributed by atoms with E-state index in [2.05, 4.69) is 11.4 Å². The highest BCUT2D eigenvalue weighted by Crippen LogP contribution is 2.18. The van der Waals surface area contributed by atoms with E-state index in [0.29, 0.717) is 17.9 Å². The minimum Gasteiger partial charge on any atom is -0.495 e. The number of nitrogens with two attached hydrogens (primary N) is 1. The molecule has 0 aliphatic rings. The lowest BCUT2D eigenvalue weighted by atomic mass is 10.1. The molecule has 3 N–H and O–H groups in total. The largest absolute Gasteiger partial charge is 0.495 e. The van der Waals surface area contributed by atoms with Gasteiger partial charge in [0, 0.05) is 19.6 Å². The fourth-order valence-corrected chi connectivity index (χ4v) is 1.29. The molecule has 0 heterocycles. The predicted molar refractivity (Wildman–Crippen MR) is 58.5 cm³/mol. The van der Waals surface area contributed by atoms with Crippen molar-refractivity contribution in [3.63, 3.8) is 0 Å². The highest BCUT2D eigenvalue weighted by atomic mass is 16.5. The number of hydrogen-bond donors (Lipinski definition) is 2. The van der Waals surface area contributed by atoms with Crippen LogP contribution in [0.2, 0.25) is 0 Å². The Morgan fingerprint density at radius 3 is 2.93 bits per heavy atom. The summed E-state index contributed by atoms with van der Waals surface area (Å²) in [7, 11) is 1.56. The molecule has 0 saturated carbocycles. The van der Waals surface area contributed by atoms with Crippen LogP contribution < -0.4 is 15.8 Å². The lowest BCUT2D eigenvalue weighted by Gasteiger charge is -2.06. The molecule has 0 bridgehead atoms. The standard InChI is InChI=1S/C11H15N3O/c1-15-11-3-2-9(6-10(11)7-13)8-14-5-4-12/h2-3,6,14H,4-5,8,12H2,1H3. The molecular weight excluding hydrogens is 190 g/mol. The molecule has 0 aromatic heterocycles. The molecule has 0 fully saturated rings. The third kappa shape index (κ3) is 3.24. The molecule has 1 aromatic rings. The highest BCUT2D eigenvalue weighted by molar-refractivity contribution is 5.45. The Morgan fingerprint density at radius 2 is 2.33 bits per heavy atom. The van der Waals surface area contributed by atoms with E-state index in [4.69, 9.17) is 15.7 Å². The van der Waals surface area contributed by atoms with Crippen LogP contribution in [0.15, 0.2) is 18.2 Å². The van der Waals surface area contributed by atoms with E-state index in [1.54, 1.807) is 13.2 Å². The van der Waals surface area contributed by atoms with Gasteiger partial charge in [-0.05, 0) is 17.7 Å². The van der Waals surface area contributed by atoms with Gasteiger partial charge in [-0.1, -0.05) is 6.07 Å². The summed E-state index contributed by atoms with van der Waals surface area (Å²) in [6.07, 6.45) is 0. The molecule has 15 heavy (non-hydrogen) atoms. The van der Waals surface area contributed by atoms with Crippen molar-refractivity contribution in [3.05, 3.63) is 29.3 Å². The van der Waals surface area contributed by atoms with Gasteiger partial charge in [-0.2, -0.15) is 5.26 Å². The first-order chi connectivity index (χ1) is 7.31. The summed E-state index contributed by atoms with van der Waals surface area (Å²) in [5.74, 6) is 0.611. The van der Waals surface area contributed by atoms with Crippen molar-refractivity contribution in [2.24, 2.45) is 5.73 Å². The molecule has 1 rings (SSSR count). The topological polar surface area (TPSA) is 71.1 Å². The van der Waals surface area contributed by atoms with Crippen LogP contribution in [0.5, 0.6) is 5.75 Å². The van der Waals surface area contributed by atoms with Crippen LogP contribution in [0.1, 0.15) is 11.1 Å². The second-order valence-corrected chi connectivity index (χ2v) is 3.11. The molecular formula is C11H15N3O. The van der Waals surface area contributed by atoms with E-state index in [0.717, 1.165) is 18.7 Å². The third-order valence-electron chi connectivity index (χ3n) is 2.03. The number of benzene rings is 1. The summed E-state index contributed by atoms with van der Waals surface area (Å²) < 4.78 is 5.05. The summed E-state index contributed by atoms with van der Waals surface area (Å²) in [5, 5.41) is 12.0. The molecule has 0 aliphatic carbocycles. The van der Waals surface area contributed by atoms with Gasteiger partial charge in [-0.25, -0.2) is 0 Å². The zero-order valence-electron chi connectivity index (χ0n) is 8.79. The maximum Gasteiger partial charge on any atom is 0.136 e. The van der Waals surface area contributed by atoms with Gasteiger partial charge in [0.05, 0.1) is 12.7 Å². The summed E-state index contributed by atoms with van der Waals surface area (Å²) in [5.41, 5.74) is 6.98. The minimum absolute atomic E-state index is 0.560. The molecule has 0 radical (unpaired) electrons. The van der Waals surface area contributed by atoms with Crippen LogP contribution in [0.25, 0.3) is 0 Å². The van der Waals surface area contributed by atoms with Crippen molar-refractivity contribution in [1.29, 1.82) is 5.26 Å². The van der Waals surface area contributed by atoms with E-state index < -0.39 is 0 Å². The van der Waals surface area contributed by atoms with Gasteiger partial charge in [0.15, 0.2) is 0 Å². The third-order valence-corrected chi connectivity index (χ3v) is 2.03. The maximum absolute atomic E-state index is 8.88. The normalized spacial score (nSPS) is 9.67. The number of nitrogens with one attached hydrogen (secondary N) is 1. The summed E-state index contributed by atoms with van der Waals surface area (Å²) in [6.45, 7) is 2.10. The number of rotatable bonds is 5. The van der Waals surface area contributed by atoms with Crippen molar-refractivity contribution >= 4 is 0 Å². The van der Waals surface area contributed by atoms with E-state index in [9.17, 15) is 0 Å². The van der Waals surface area contributed by atoms with Crippen LogP contribution in [0.4, 0.5) is 0 Å². The molecule has 0 aliphatic heterocycles. The Bertz CT molecular complexity index is 357. The molecule has 0 spiro atoms. The van der Waals surface area contributed by atoms with Gasteiger partial charge in [0.1, 0.15) is 11.8 Å². The fourth-order valence-electron chi connectivity index (χ4n) is 1.29. The van der Waals surface area contributed by atoms with Gasteiger partial charge >= 0.3 is 0 Å². The van der Waals surface area contributed by atoms with Crippen molar-refractivity contribution in [2.45, 2.75) is 6.54 Å². The fraction of sp³-hybridized carbons (Fsp3) is 0.364. The maximum atomic E-state index is 8.88. The Morgan fingerprint density at radius 1 is 1.53 bits per heavy atom. The molecule has 0 unspecified atom stereocenters. The second-order valence-electron chi connectivity index (χ2n) is 3.11. The predicted octanol–water partition coefficient (Wildman–Crippen LogP) is 0.615. The quantitative estimate of drug-likeness (QED) is 0.691. The smallest absolute Gasteiger partial charge is 0.136 e. The number of nitrogens with zero attached hydrogens (tertiary/aromatic N) is 1. The van der Waals surface area contributed by atoms with E-state index in [1.807, 2.05) is 12.1 Å². The first kappa shape index (κ1) is 11.5. The van der Waals surface area contributed by atoms with Crippen molar-refractivity contribution < 1.29 is 4.74 Å². The van der Waals surface area contributed by atoms with E-state index >= 15 is 0 Å². The average Bonchev–Trinajstić information content (AvgIpc) is 2.29. The monoisotopic (exact) mass is 205 g/mol. The Hall–Kier alpha value is -1.57. The zero-order chi connectivity index (χ0) is 11.1. The number of hydrogen-bond acceptors (Lipinski definition) is 4.